The van der Waals surface area contributed by atoms with Crippen LogP contribution in [0.25, 0.3) is 11.4 Å². The molecular weight excluding hydrogens is 228 g/mol. The molecule has 0 radical (unpaired) electrons. The number of aromatic nitrogens is 2. The van der Waals surface area contributed by atoms with Gasteiger partial charge in [0.2, 0.25) is 0 Å². The molecule has 17 heavy (non-hydrogen) atoms. The van der Waals surface area contributed by atoms with Gasteiger partial charge in [-0.05, 0) is 12.1 Å². The Labute approximate surface area is 94.2 Å². The molecule has 6 heteroatoms. The first-order chi connectivity index (χ1) is 8.10. The molecule has 0 aliphatic rings. The van der Waals surface area contributed by atoms with Crippen LogP contribution in [0.5, 0.6) is 0 Å². The minimum Gasteiger partial charge on any atom is -0.305 e. The summed E-state index contributed by atoms with van der Waals surface area (Å²) in [5.74, 6) is -1.54. The highest BCUT2D eigenvalue weighted by atomic mass is 19.1. The zero-order valence-corrected chi connectivity index (χ0v) is 8.37. The van der Waals surface area contributed by atoms with E-state index in [1.807, 2.05) is 0 Å². The molecule has 1 N–H and O–H groups in total. The second-order valence-electron chi connectivity index (χ2n) is 3.24. The van der Waals surface area contributed by atoms with Crippen LogP contribution >= 0.6 is 0 Å². The molecule has 1 aromatic carbocycles. The maximum Gasteiger partial charge on any atom is 0.269 e. The lowest BCUT2D eigenvalue weighted by atomic mass is 10.2. The van der Waals surface area contributed by atoms with E-state index in [1.54, 1.807) is 6.07 Å². The Morgan fingerprint density at radius 2 is 1.88 bits per heavy atom. The van der Waals surface area contributed by atoms with Gasteiger partial charge in [-0.15, -0.1) is 0 Å². The van der Waals surface area contributed by atoms with Crippen LogP contribution in [0.15, 0.2) is 29.2 Å². The van der Waals surface area contributed by atoms with Crippen LogP contribution in [0.4, 0.5) is 8.78 Å². The van der Waals surface area contributed by atoms with Gasteiger partial charge in [0, 0.05) is 11.6 Å². The molecule has 0 unspecified atom stereocenters. The normalized spacial score (nSPS) is 9.94. The molecule has 0 atom stereocenters. The van der Waals surface area contributed by atoms with Gasteiger partial charge in [-0.1, -0.05) is 0 Å². The summed E-state index contributed by atoms with van der Waals surface area (Å²) in [5.41, 5.74) is -0.711. The van der Waals surface area contributed by atoms with E-state index in [0.717, 1.165) is 18.3 Å². The van der Waals surface area contributed by atoms with Gasteiger partial charge in [-0.3, -0.25) is 4.79 Å². The lowest BCUT2D eigenvalue weighted by Gasteiger charge is -2.01. The molecule has 4 nitrogen and oxygen atoms in total. The number of nitriles is 1. The van der Waals surface area contributed by atoms with Crippen LogP contribution in [0.2, 0.25) is 0 Å². The Kier molecular flexibility index (Phi) is 2.66. The smallest absolute Gasteiger partial charge is 0.269 e. The van der Waals surface area contributed by atoms with Crippen molar-refractivity contribution in [2.24, 2.45) is 0 Å². The van der Waals surface area contributed by atoms with Crippen molar-refractivity contribution in [2.75, 3.05) is 0 Å². The summed E-state index contributed by atoms with van der Waals surface area (Å²) in [4.78, 5) is 17.3. The molecular formula is C11H5F2N3O. The minimum absolute atomic E-state index is 0.00685. The third-order valence-electron chi connectivity index (χ3n) is 2.06. The Morgan fingerprint density at radius 1 is 1.24 bits per heavy atom. The van der Waals surface area contributed by atoms with Crippen molar-refractivity contribution in [1.29, 1.82) is 5.26 Å². The van der Waals surface area contributed by atoms with Gasteiger partial charge in [0.25, 0.3) is 5.56 Å². The lowest BCUT2D eigenvalue weighted by molar-refractivity contribution is 0.584. The molecule has 1 heterocycles. The first kappa shape index (κ1) is 11.0. The van der Waals surface area contributed by atoms with E-state index in [1.165, 1.54) is 0 Å². The van der Waals surface area contributed by atoms with Crippen LogP contribution in [-0.4, -0.2) is 9.97 Å². The largest absolute Gasteiger partial charge is 0.305 e. The van der Waals surface area contributed by atoms with E-state index in [4.69, 9.17) is 5.26 Å². The molecule has 0 saturated heterocycles. The molecule has 0 amide bonds. The third-order valence-corrected chi connectivity index (χ3v) is 2.06. The van der Waals surface area contributed by atoms with Crippen molar-refractivity contribution < 1.29 is 8.78 Å². The van der Waals surface area contributed by atoms with Crippen molar-refractivity contribution in [1.82, 2.24) is 9.97 Å². The monoisotopic (exact) mass is 233 g/mol. The van der Waals surface area contributed by atoms with Gasteiger partial charge < -0.3 is 4.98 Å². The highest BCUT2D eigenvalue weighted by Crippen LogP contribution is 2.16. The van der Waals surface area contributed by atoms with Crippen LogP contribution < -0.4 is 5.56 Å². The molecule has 0 spiro atoms. The van der Waals surface area contributed by atoms with Gasteiger partial charge in [0.05, 0.1) is 6.20 Å². The summed E-state index contributed by atoms with van der Waals surface area (Å²) in [6.07, 6.45) is 1.05. The Hall–Kier alpha value is -2.55. The summed E-state index contributed by atoms with van der Waals surface area (Å²) in [5, 5.41) is 8.54. The van der Waals surface area contributed by atoms with Crippen molar-refractivity contribution in [2.45, 2.75) is 0 Å². The molecule has 1 aromatic heterocycles. The lowest BCUT2D eigenvalue weighted by Crippen LogP contribution is -2.12. The number of nitrogens with zero attached hydrogens (tertiary/aromatic N) is 2. The van der Waals surface area contributed by atoms with Crippen LogP contribution in [0.3, 0.4) is 0 Å². The van der Waals surface area contributed by atoms with E-state index in [9.17, 15) is 13.6 Å². The fourth-order valence-electron chi connectivity index (χ4n) is 1.31. The van der Waals surface area contributed by atoms with E-state index in [-0.39, 0.29) is 17.0 Å². The molecule has 0 bridgehead atoms. The van der Waals surface area contributed by atoms with Crippen molar-refractivity contribution in [3.05, 3.63) is 51.9 Å². The Balaban J connectivity index is 2.58. The summed E-state index contributed by atoms with van der Waals surface area (Å²) >= 11 is 0. The number of benzene rings is 1. The summed E-state index contributed by atoms with van der Waals surface area (Å²) in [7, 11) is 0. The summed E-state index contributed by atoms with van der Waals surface area (Å²) in [6.45, 7) is 0. The van der Waals surface area contributed by atoms with E-state index < -0.39 is 17.2 Å². The van der Waals surface area contributed by atoms with Crippen molar-refractivity contribution in [3.63, 3.8) is 0 Å². The Bertz CT molecular complexity index is 653. The molecule has 84 valence electrons. The molecule has 0 saturated carbocycles. The first-order valence-electron chi connectivity index (χ1n) is 4.56. The highest BCUT2D eigenvalue weighted by molar-refractivity contribution is 5.54. The average Bonchev–Trinajstić information content (AvgIpc) is 2.27. The average molecular weight is 233 g/mol. The molecule has 0 aliphatic carbocycles. The Morgan fingerprint density at radius 3 is 2.41 bits per heavy atom. The highest BCUT2D eigenvalue weighted by Gasteiger charge is 2.07. The predicted octanol–water partition coefficient (Wildman–Crippen LogP) is 1.59. The molecule has 2 aromatic rings. The standard InChI is InChI=1S/C11H5F2N3O/c12-8-1-6(2-9(13)3-8)10-15-5-7(4-14)11(17)16-10/h1-3,5H,(H,15,16,17). The predicted molar refractivity (Wildman–Crippen MR) is 54.9 cm³/mol. The van der Waals surface area contributed by atoms with Gasteiger partial charge in [0.15, 0.2) is 0 Å². The molecule has 0 aliphatic heterocycles. The number of halogens is 2. The van der Waals surface area contributed by atoms with Gasteiger partial charge in [-0.2, -0.15) is 5.26 Å². The first-order valence-corrected chi connectivity index (χ1v) is 4.56. The van der Waals surface area contributed by atoms with Crippen LogP contribution in [0.1, 0.15) is 5.56 Å². The molecule has 2 rings (SSSR count). The number of hydrogen-bond acceptors (Lipinski definition) is 3. The van der Waals surface area contributed by atoms with Crippen LogP contribution in [0, 0.1) is 23.0 Å². The van der Waals surface area contributed by atoms with Gasteiger partial charge in [-0.25, -0.2) is 13.8 Å². The minimum atomic E-state index is -0.771. The van der Waals surface area contributed by atoms with E-state index in [0.29, 0.717) is 6.07 Å². The molecule has 0 fully saturated rings. The second-order valence-corrected chi connectivity index (χ2v) is 3.24. The maximum atomic E-state index is 12.9. The van der Waals surface area contributed by atoms with Crippen LogP contribution in [-0.2, 0) is 0 Å². The van der Waals surface area contributed by atoms with E-state index >= 15 is 0 Å². The maximum absolute atomic E-state index is 12.9. The SMILES string of the molecule is N#Cc1cnc(-c2cc(F)cc(F)c2)[nH]c1=O. The fraction of sp³-hybridized carbons (Fsp3) is 0. The number of hydrogen-bond donors (Lipinski definition) is 1. The van der Waals surface area contributed by atoms with Crippen molar-refractivity contribution >= 4 is 0 Å². The topological polar surface area (TPSA) is 69.5 Å². The fourth-order valence-corrected chi connectivity index (χ4v) is 1.31. The van der Waals surface area contributed by atoms with Gasteiger partial charge in [0.1, 0.15) is 29.1 Å². The zero-order chi connectivity index (χ0) is 12.4. The summed E-state index contributed by atoms with van der Waals surface area (Å²) in [6, 6.07) is 4.43. The number of nitrogens with one attached hydrogen (secondary N) is 1. The third kappa shape index (κ3) is 2.18. The summed E-state index contributed by atoms with van der Waals surface area (Å²) < 4.78 is 25.9. The van der Waals surface area contributed by atoms with E-state index in [2.05, 4.69) is 9.97 Å². The number of rotatable bonds is 1. The number of aromatic amines is 1. The second kappa shape index (κ2) is 4.14. The zero-order valence-electron chi connectivity index (χ0n) is 8.37. The quantitative estimate of drug-likeness (QED) is 0.813. The van der Waals surface area contributed by atoms with Gasteiger partial charge >= 0.3 is 0 Å². The van der Waals surface area contributed by atoms with Crippen molar-refractivity contribution in [3.8, 4) is 17.5 Å². The number of H-pyrrole nitrogens is 1.